The lowest BCUT2D eigenvalue weighted by atomic mass is 9.95. The molecule has 4 saturated heterocycles. The van der Waals surface area contributed by atoms with E-state index in [2.05, 4.69) is 20.1 Å². The van der Waals surface area contributed by atoms with Crippen LogP contribution in [0.2, 0.25) is 0 Å². The smallest absolute Gasteiger partial charge is 0.319 e. The van der Waals surface area contributed by atoms with Crippen LogP contribution in [0.5, 0.6) is 6.01 Å². The molecule has 2 unspecified atom stereocenters. The molecule has 40 heavy (non-hydrogen) atoms. The standard InChI is InChI=1S/C31H38FN7O/c1-18-14-24(33)35-27(25(18)19-4-5-19)22-8-9-23-28(26(22)32)36-30(40-17-31-10-2-12-39(31)13-3-11-31)37-29(23)38-15-20-6-7-21(16-38)34-20/h8-9,14,19-21,34H,2-7,10-13,15-17H2,1H3,(H2,33,35). The van der Waals surface area contributed by atoms with E-state index in [1.54, 1.807) is 0 Å². The number of nitrogens with two attached hydrogens (primary N) is 1. The van der Waals surface area contributed by atoms with E-state index in [0.717, 1.165) is 87.0 Å². The fourth-order valence-corrected chi connectivity index (χ4v) is 8.04. The van der Waals surface area contributed by atoms with Gasteiger partial charge in [0.2, 0.25) is 0 Å². The van der Waals surface area contributed by atoms with Crippen LogP contribution in [0.4, 0.5) is 16.0 Å². The molecule has 2 bridgehead atoms. The van der Waals surface area contributed by atoms with Gasteiger partial charge in [0.15, 0.2) is 5.82 Å². The molecule has 2 aromatic heterocycles. The van der Waals surface area contributed by atoms with Crippen molar-refractivity contribution in [3.8, 4) is 17.3 Å². The van der Waals surface area contributed by atoms with Crippen LogP contribution in [-0.2, 0) is 0 Å². The van der Waals surface area contributed by atoms with Crippen LogP contribution >= 0.6 is 0 Å². The highest BCUT2D eigenvalue weighted by Gasteiger charge is 2.45. The van der Waals surface area contributed by atoms with Crippen LogP contribution in [0.25, 0.3) is 22.2 Å². The Morgan fingerprint density at radius 1 is 1.05 bits per heavy atom. The van der Waals surface area contributed by atoms with Gasteiger partial charge < -0.3 is 20.7 Å². The third kappa shape index (κ3) is 4.04. The van der Waals surface area contributed by atoms with E-state index in [0.29, 0.717) is 47.2 Å². The number of ether oxygens (including phenoxy) is 1. The van der Waals surface area contributed by atoms with Crippen LogP contribution in [0, 0.1) is 12.7 Å². The molecule has 8 nitrogen and oxygen atoms in total. The average molecular weight is 544 g/mol. The number of pyridine rings is 1. The van der Waals surface area contributed by atoms with Crippen LogP contribution < -0.4 is 20.7 Å². The predicted octanol–water partition coefficient (Wildman–Crippen LogP) is 4.55. The molecule has 8 rings (SSSR count). The first kappa shape index (κ1) is 24.7. The number of fused-ring (bicyclic) bond motifs is 4. The molecule has 0 amide bonds. The number of piperazine rings is 1. The normalized spacial score (nSPS) is 25.6. The highest BCUT2D eigenvalue weighted by molar-refractivity contribution is 5.94. The summed E-state index contributed by atoms with van der Waals surface area (Å²) in [7, 11) is 0. The molecule has 3 aromatic rings. The molecule has 1 aliphatic carbocycles. The molecule has 0 spiro atoms. The summed E-state index contributed by atoms with van der Waals surface area (Å²) >= 11 is 0. The topological polar surface area (TPSA) is 92.4 Å². The Morgan fingerprint density at radius 3 is 2.52 bits per heavy atom. The van der Waals surface area contributed by atoms with Gasteiger partial charge in [0.05, 0.1) is 11.2 Å². The second-order valence-electron chi connectivity index (χ2n) is 12.8. The maximum atomic E-state index is 16.7. The molecule has 1 saturated carbocycles. The lowest BCUT2D eigenvalue weighted by molar-refractivity contribution is 0.108. The number of aryl methyl sites for hydroxylation is 1. The lowest BCUT2D eigenvalue weighted by Gasteiger charge is -2.34. The molecule has 210 valence electrons. The van der Waals surface area contributed by atoms with Gasteiger partial charge in [-0.3, -0.25) is 4.90 Å². The lowest BCUT2D eigenvalue weighted by Crippen LogP contribution is -2.51. The number of nitrogens with one attached hydrogen (secondary N) is 1. The van der Waals surface area contributed by atoms with Gasteiger partial charge in [-0.15, -0.1) is 0 Å². The minimum Gasteiger partial charge on any atom is -0.461 e. The summed E-state index contributed by atoms with van der Waals surface area (Å²) in [6, 6.07) is 6.86. The van der Waals surface area contributed by atoms with Crippen molar-refractivity contribution in [3.63, 3.8) is 0 Å². The third-order valence-corrected chi connectivity index (χ3v) is 10.1. The Hall–Kier alpha value is -3.04. The van der Waals surface area contributed by atoms with Crippen molar-refractivity contribution in [1.82, 2.24) is 25.2 Å². The molecule has 2 atom stereocenters. The molecule has 5 fully saturated rings. The molecular formula is C31H38FN7O. The number of nitrogens with zero attached hydrogens (tertiary/aromatic N) is 5. The Bertz CT molecular complexity index is 1470. The SMILES string of the molecule is Cc1cc(N)nc(-c2ccc3c(N4CC5CCC(C4)N5)nc(OCC45CCCN4CCC5)nc3c2F)c1C1CC1. The second-order valence-corrected chi connectivity index (χ2v) is 12.8. The van der Waals surface area contributed by atoms with Crippen molar-refractivity contribution in [2.75, 3.05) is 43.4 Å². The van der Waals surface area contributed by atoms with E-state index in [1.807, 2.05) is 25.1 Å². The molecule has 3 N–H and O–H groups in total. The van der Waals surface area contributed by atoms with E-state index >= 15 is 4.39 Å². The molecule has 6 heterocycles. The van der Waals surface area contributed by atoms with Gasteiger partial charge in [-0.25, -0.2) is 9.37 Å². The first-order valence-corrected chi connectivity index (χ1v) is 15.1. The summed E-state index contributed by atoms with van der Waals surface area (Å²) in [5.74, 6) is 1.23. The monoisotopic (exact) mass is 543 g/mol. The Kier molecular flexibility index (Phi) is 5.71. The highest BCUT2D eigenvalue weighted by Crippen LogP contribution is 2.47. The second kappa shape index (κ2) is 9.24. The maximum absolute atomic E-state index is 16.7. The van der Waals surface area contributed by atoms with Crippen LogP contribution in [0.15, 0.2) is 18.2 Å². The van der Waals surface area contributed by atoms with E-state index in [9.17, 15) is 0 Å². The quantitative estimate of drug-likeness (QED) is 0.468. The molecule has 4 aliphatic heterocycles. The van der Waals surface area contributed by atoms with Gasteiger partial charge in [0, 0.05) is 36.1 Å². The van der Waals surface area contributed by atoms with Gasteiger partial charge in [0.25, 0.3) is 0 Å². The minimum absolute atomic E-state index is 0.0647. The zero-order chi connectivity index (χ0) is 27.0. The van der Waals surface area contributed by atoms with Crippen molar-refractivity contribution < 1.29 is 9.13 Å². The van der Waals surface area contributed by atoms with E-state index in [1.165, 1.54) is 12.8 Å². The third-order valence-electron chi connectivity index (χ3n) is 10.1. The van der Waals surface area contributed by atoms with E-state index in [-0.39, 0.29) is 17.4 Å². The van der Waals surface area contributed by atoms with E-state index in [4.69, 9.17) is 20.4 Å². The van der Waals surface area contributed by atoms with Crippen molar-refractivity contribution in [2.24, 2.45) is 0 Å². The zero-order valence-corrected chi connectivity index (χ0v) is 23.3. The van der Waals surface area contributed by atoms with E-state index < -0.39 is 0 Å². The summed E-state index contributed by atoms with van der Waals surface area (Å²) in [6.07, 6.45) is 9.19. The Balaban J connectivity index is 1.24. The number of aromatic nitrogens is 3. The largest absolute Gasteiger partial charge is 0.461 e. The van der Waals surface area contributed by atoms with Gasteiger partial charge in [-0.2, -0.15) is 9.97 Å². The zero-order valence-electron chi connectivity index (χ0n) is 23.3. The van der Waals surface area contributed by atoms with Crippen molar-refractivity contribution in [2.45, 2.75) is 81.8 Å². The first-order chi connectivity index (χ1) is 19.5. The summed E-state index contributed by atoms with van der Waals surface area (Å²) in [5, 5.41) is 4.43. The number of nitrogen functional groups attached to an aromatic ring is 1. The Morgan fingerprint density at radius 2 is 1.80 bits per heavy atom. The van der Waals surface area contributed by atoms with Crippen molar-refractivity contribution in [1.29, 1.82) is 0 Å². The summed E-state index contributed by atoms with van der Waals surface area (Å²) in [6.45, 7) is 6.56. The summed E-state index contributed by atoms with van der Waals surface area (Å²) < 4.78 is 23.1. The number of halogens is 1. The highest BCUT2D eigenvalue weighted by atomic mass is 19.1. The van der Waals surface area contributed by atoms with Crippen molar-refractivity contribution in [3.05, 3.63) is 35.1 Å². The molecule has 0 radical (unpaired) electrons. The van der Waals surface area contributed by atoms with Gasteiger partial charge >= 0.3 is 6.01 Å². The van der Waals surface area contributed by atoms with Gasteiger partial charge in [0.1, 0.15) is 23.8 Å². The fourth-order valence-electron chi connectivity index (χ4n) is 8.04. The average Bonchev–Trinajstić information content (AvgIpc) is 3.43. The predicted molar refractivity (Wildman–Crippen MR) is 154 cm³/mol. The van der Waals surface area contributed by atoms with Gasteiger partial charge in [-0.05, 0) is 107 Å². The number of hydrogen-bond acceptors (Lipinski definition) is 8. The van der Waals surface area contributed by atoms with Crippen LogP contribution in [0.1, 0.15) is 68.4 Å². The minimum atomic E-state index is -0.370. The number of benzene rings is 1. The molecule has 9 heteroatoms. The number of anilines is 2. The van der Waals surface area contributed by atoms with Crippen LogP contribution in [0.3, 0.4) is 0 Å². The maximum Gasteiger partial charge on any atom is 0.319 e. The number of rotatable bonds is 6. The Labute approximate surface area is 234 Å². The van der Waals surface area contributed by atoms with Gasteiger partial charge in [-0.1, -0.05) is 0 Å². The molecular weight excluding hydrogens is 505 g/mol. The molecule has 5 aliphatic rings. The summed E-state index contributed by atoms with van der Waals surface area (Å²) in [4.78, 5) is 19.2. The summed E-state index contributed by atoms with van der Waals surface area (Å²) in [5.41, 5.74) is 9.83. The van der Waals surface area contributed by atoms with Crippen LogP contribution in [-0.4, -0.2) is 70.3 Å². The first-order valence-electron chi connectivity index (χ1n) is 15.1. The number of hydrogen-bond donors (Lipinski definition) is 2. The van der Waals surface area contributed by atoms with Crippen molar-refractivity contribution >= 4 is 22.5 Å². The fraction of sp³-hybridized carbons (Fsp3) is 0.581. The molecule has 1 aromatic carbocycles.